The third kappa shape index (κ3) is 4.31. The van der Waals surface area contributed by atoms with Crippen molar-refractivity contribution in [1.29, 1.82) is 0 Å². The number of carbonyl (C=O) groups excluding carboxylic acids is 2. The number of thiophene rings is 1. The van der Waals surface area contributed by atoms with Gasteiger partial charge in [-0.3, -0.25) is 14.5 Å². The first-order chi connectivity index (χ1) is 9.69. The van der Waals surface area contributed by atoms with Gasteiger partial charge in [0.25, 0.3) is 0 Å². The summed E-state index contributed by atoms with van der Waals surface area (Å²) in [4.78, 5) is 26.6. The van der Waals surface area contributed by atoms with E-state index in [1.54, 1.807) is 11.3 Å². The molecule has 0 saturated carbocycles. The second-order valence-electron chi connectivity index (χ2n) is 4.95. The number of ether oxygens (including phenoxy) is 1. The van der Waals surface area contributed by atoms with Crippen LogP contribution in [-0.4, -0.2) is 43.5 Å². The van der Waals surface area contributed by atoms with Crippen molar-refractivity contribution in [2.75, 3.05) is 26.7 Å². The highest BCUT2D eigenvalue weighted by molar-refractivity contribution is 7.09. The van der Waals surface area contributed by atoms with E-state index in [1.165, 1.54) is 7.11 Å². The van der Waals surface area contributed by atoms with Crippen LogP contribution < -0.4 is 5.32 Å². The van der Waals surface area contributed by atoms with Crippen molar-refractivity contribution >= 4 is 23.2 Å². The molecule has 2 heterocycles. The summed E-state index contributed by atoms with van der Waals surface area (Å²) < 4.78 is 4.77. The molecule has 20 heavy (non-hydrogen) atoms. The number of hydrogen-bond donors (Lipinski definition) is 1. The fourth-order valence-electron chi connectivity index (χ4n) is 2.42. The minimum Gasteiger partial charge on any atom is -0.469 e. The Hall–Kier alpha value is -1.40. The summed E-state index contributed by atoms with van der Waals surface area (Å²) in [7, 11) is 1.41. The van der Waals surface area contributed by atoms with Crippen LogP contribution in [-0.2, 0) is 20.9 Å². The predicted molar refractivity (Wildman–Crippen MR) is 77.3 cm³/mol. The van der Waals surface area contributed by atoms with E-state index in [4.69, 9.17) is 4.74 Å². The molecule has 0 aliphatic carbocycles. The van der Waals surface area contributed by atoms with Gasteiger partial charge in [0.2, 0.25) is 5.91 Å². The number of amides is 1. The standard InChI is InChI=1S/C14H20N2O3S/c1-19-14(18)11-4-2-6-16(9-11)10-13(17)15-8-12-5-3-7-20-12/h3,5,7,11H,2,4,6,8-10H2,1H3,(H,15,17)/t11-/m0/s1. The maximum Gasteiger partial charge on any atom is 0.309 e. The van der Waals surface area contributed by atoms with Gasteiger partial charge in [-0.25, -0.2) is 0 Å². The van der Waals surface area contributed by atoms with Crippen molar-refractivity contribution in [1.82, 2.24) is 10.2 Å². The summed E-state index contributed by atoms with van der Waals surface area (Å²) in [6, 6.07) is 3.97. The molecule has 1 fully saturated rings. The maximum absolute atomic E-state index is 11.9. The Morgan fingerprint density at radius 3 is 3.10 bits per heavy atom. The van der Waals surface area contributed by atoms with Crippen LogP contribution in [0.3, 0.4) is 0 Å². The topological polar surface area (TPSA) is 58.6 Å². The molecular weight excluding hydrogens is 276 g/mol. The first-order valence-corrected chi connectivity index (χ1v) is 7.66. The molecule has 0 spiro atoms. The SMILES string of the molecule is COC(=O)[C@H]1CCCN(CC(=O)NCc2cccs2)C1. The van der Waals surface area contributed by atoms with Gasteiger partial charge in [0, 0.05) is 11.4 Å². The average molecular weight is 296 g/mol. The molecule has 110 valence electrons. The monoisotopic (exact) mass is 296 g/mol. The molecule has 1 amide bonds. The van der Waals surface area contributed by atoms with Crippen molar-refractivity contribution in [2.45, 2.75) is 19.4 Å². The number of piperidine rings is 1. The summed E-state index contributed by atoms with van der Waals surface area (Å²) in [5.74, 6) is -0.267. The zero-order valence-corrected chi connectivity index (χ0v) is 12.4. The smallest absolute Gasteiger partial charge is 0.309 e. The Kier molecular flexibility index (Phi) is 5.55. The molecule has 0 aromatic carbocycles. The van der Waals surface area contributed by atoms with Gasteiger partial charge in [-0.15, -0.1) is 11.3 Å². The lowest BCUT2D eigenvalue weighted by Crippen LogP contribution is -2.44. The average Bonchev–Trinajstić information content (AvgIpc) is 2.98. The predicted octanol–water partition coefficient (Wildman–Crippen LogP) is 1.25. The van der Waals surface area contributed by atoms with Crippen molar-refractivity contribution in [2.24, 2.45) is 5.92 Å². The number of rotatable bonds is 5. The van der Waals surface area contributed by atoms with Gasteiger partial charge < -0.3 is 10.1 Å². The lowest BCUT2D eigenvalue weighted by atomic mass is 9.98. The molecule has 1 aliphatic rings. The number of esters is 1. The van der Waals surface area contributed by atoms with Crippen molar-refractivity contribution in [3.8, 4) is 0 Å². The largest absolute Gasteiger partial charge is 0.469 e. The molecule has 1 N–H and O–H groups in total. The fraction of sp³-hybridized carbons (Fsp3) is 0.571. The van der Waals surface area contributed by atoms with E-state index in [-0.39, 0.29) is 17.8 Å². The quantitative estimate of drug-likeness (QED) is 0.831. The first-order valence-electron chi connectivity index (χ1n) is 6.78. The van der Waals surface area contributed by atoms with Gasteiger partial charge in [0.15, 0.2) is 0 Å². The molecule has 0 unspecified atom stereocenters. The van der Waals surface area contributed by atoms with Crippen LogP contribution >= 0.6 is 11.3 Å². The van der Waals surface area contributed by atoms with Gasteiger partial charge in [-0.05, 0) is 30.8 Å². The number of likely N-dealkylation sites (tertiary alicyclic amines) is 1. The Balaban J connectivity index is 1.74. The lowest BCUT2D eigenvalue weighted by molar-refractivity contribution is -0.147. The zero-order valence-electron chi connectivity index (χ0n) is 11.6. The van der Waals surface area contributed by atoms with Crippen molar-refractivity contribution < 1.29 is 14.3 Å². The van der Waals surface area contributed by atoms with E-state index in [9.17, 15) is 9.59 Å². The van der Waals surface area contributed by atoms with Gasteiger partial charge >= 0.3 is 5.97 Å². The molecule has 0 bridgehead atoms. The van der Waals surface area contributed by atoms with Gasteiger partial charge in [-0.1, -0.05) is 6.07 Å². The van der Waals surface area contributed by atoms with Gasteiger partial charge in [0.05, 0.1) is 26.1 Å². The van der Waals surface area contributed by atoms with E-state index in [0.717, 1.165) is 24.3 Å². The summed E-state index contributed by atoms with van der Waals surface area (Å²) in [5.41, 5.74) is 0. The number of carbonyl (C=O) groups is 2. The molecule has 6 heteroatoms. The van der Waals surface area contributed by atoms with E-state index < -0.39 is 0 Å². The Labute approximate surface area is 122 Å². The second-order valence-corrected chi connectivity index (χ2v) is 5.99. The van der Waals surface area contributed by atoms with Crippen LogP contribution in [0.1, 0.15) is 17.7 Å². The zero-order chi connectivity index (χ0) is 14.4. The van der Waals surface area contributed by atoms with Crippen molar-refractivity contribution in [3.63, 3.8) is 0 Å². The minimum absolute atomic E-state index is 0.00363. The fourth-order valence-corrected chi connectivity index (χ4v) is 3.06. The van der Waals surface area contributed by atoms with Gasteiger partial charge in [0.1, 0.15) is 0 Å². The van der Waals surface area contributed by atoms with Crippen LogP contribution in [0.25, 0.3) is 0 Å². The van der Waals surface area contributed by atoms with Crippen LogP contribution in [0.4, 0.5) is 0 Å². The molecule has 1 saturated heterocycles. The third-order valence-electron chi connectivity index (χ3n) is 3.45. The van der Waals surface area contributed by atoms with E-state index in [2.05, 4.69) is 5.32 Å². The van der Waals surface area contributed by atoms with E-state index in [1.807, 2.05) is 22.4 Å². The number of hydrogen-bond acceptors (Lipinski definition) is 5. The Bertz CT molecular complexity index is 447. The summed E-state index contributed by atoms with van der Waals surface area (Å²) in [6.45, 7) is 2.39. The summed E-state index contributed by atoms with van der Waals surface area (Å²) >= 11 is 1.63. The van der Waals surface area contributed by atoms with E-state index in [0.29, 0.717) is 19.6 Å². The highest BCUT2D eigenvalue weighted by Gasteiger charge is 2.27. The summed E-state index contributed by atoms with van der Waals surface area (Å²) in [6.07, 6.45) is 1.78. The maximum atomic E-state index is 11.9. The molecule has 1 aromatic heterocycles. The number of nitrogens with one attached hydrogen (secondary N) is 1. The summed E-state index contributed by atoms with van der Waals surface area (Å²) in [5, 5.41) is 4.90. The highest BCUT2D eigenvalue weighted by Crippen LogP contribution is 2.17. The molecular formula is C14H20N2O3S. The second kappa shape index (κ2) is 7.40. The van der Waals surface area contributed by atoms with Crippen LogP contribution in [0, 0.1) is 5.92 Å². The molecule has 1 atom stereocenters. The van der Waals surface area contributed by atoms with Crippen LogP contribution in [0.15, 0.2) is 17.5 Å². The Morgan fingerprint density at radius 1 is 1.55 bits per heavy atom. The van der Waals surface area contributed by atoms with E-state index >= 15 is 0 Å². The molecule has 0 radical (unpaired) electrons. The minimum atomic E-state index is -0.173. The first kappa shape index (κ1) is 15.0. The van der Waals surface area contributed by atoms with Crippen LogP contribution in [0.5, 0.6) is 0 Å². The lowest BCUT2D eigenvalue weighted by Gasteiger charge is -2.30. The highest BCUT2D eigenvalue weighted by atomic mass is 32.1. The molecule has 5 nitrogen and oxygen atoms in total. The van der Waals surface area contributed by atoms with Crippen LogP contribution in [0.2, 0.25) is 0 Å². The molecule has 1 aromatic rings. The Morgan fingerprint density at radius 2 is 2.40 bits per heavy atom. The normalized spacial score (nSPS) is 19.6. The number of methoxy groups -OCH3 is 1. The molecule has 1 aliphatic heterocycles. The van der Waals surface area contributed by atoms with Gasteiger partial charge in [-0.2, -0.15) is 0 Å². The third-order valence-corrected chi connectivity index (χ3v) is 4.32. The number of nitrogens with zero attached hydrogens (tertiary/aromatic N) is 1. The van der Waals surface area contributed by atoms with Crippen molar-refractivity contribution in [3.05, 3.63) is 22.4 Å². The molecule has 2 rings (SSSR count).